The van der Waals surface area contributed by atoms with Crippen molar-refractivity contribution < 1.29 is 19.5 Å². The van der Waals surface area contributed by atoms with Crippen molar-refractivity contribution in [2.24, 2.45) is 11.8 Å². The predicted octanol–water partition coefficient (Wildman–Crippen LogP) is 2.84. The molecule has 1 aromatic carbocycles. The number of carbonyl (C=O) groups is 3. The fourth-order valence-electron chi connectivity index (χ4n) is 3.86. The van der Waals surface area contributed by atoms with Crippen molar-refractivity contribution in [2.45, 2.75) is 44.6 Å². The fraction of sp³-hybridized carbons (Fsp3) is 0.526. The lowest BCUT2D eigenvalue weighted by Crippen LogP contribution is -2.45. The summed E-state index contributed by atoms with van der Waals surface area (Å²) in [6, 6.07) is 6.68. The highest BCUT2D eigenvalue weighted by Gasteiger charge is 2.38. The Labute approximate surface area is 157 Å². The number of hydrogen-bond donors (Lipinski definition) is 2. The summed E-state index contributed by atoms with van der Waals surface area (Å²) in [7, 11) is 0. The van der Waals surface area contributed by atoms with Gasteiger partial charge in [-0.2, -0.15) is 0 Å². The zero-order chi connectivity index (χ0) is 18.7. The first-order valence-corrected chi connectivity index (χ1v) is 9.43. The third-order valence-electron chi connectivity index (χ3n) is 5.30. The van der Waals surface area contributed by atoms with Gasteiger partial charge in [-0.1, -0.05) is 43.0 Å². The Morgan fingerprint density at radius 2 is 1.88 bits per heavy atom. The van der Waals surface area contributed by atoms with Crippen LogP contribution in [-0.2, 0) is 14.4 Å². The van der Waals surface area contributed by atoms with Crippen LogP contribution >= 0.6 is 11.6 Å². The van der Waals surface area contributed by atoms with Crippen molar-refractivity contribution in [1.29, 1.82) is 0 Å². The highest BCUT2D eigenvalue weighted by atomic mass is 35.5. The third kappa shape index (κ3) is 4.01. The van der Waals surface area contributed by atoms with E-state index in [1.54, 1.807) is 24.3 Å². The number of para-hydroxylation sites is 1. The third-order valence-corrected chi connectivity index (χ3v) is 5.62. The molecule has 3 rings (SSSR count). The Morgan fingerprint density at radius 1 is 1.15 bits per heavy atom. The standard InChI is InChI=1S/C19H23ClN2O4/c20-14-7-4-5-9-16(14)22-11-12(10-17(22)23)18(24)21-15-8-3-1-2-6-13(15)19(25)26/h4-5,7,9,12-13,15H,1-3,6,8,10-11H2,(H,21,24)(H,25,26)/t12?,13-,15+/m1/s1. The van der Waals surface area contributed by atoms with Gasteiger partial charge in [-0.25, -0.2) is 0 Å². The summed E-state index contributed by atoms with van der Waals surface area (Å²) >= 11 is 6.16. The number of amides is 2. The highest BCUT2D eigenvalue weighted by molar-refractivity contribution is 6.33. The molecule has 1 saturated heterocycles. The number of carboxylic acid groups (broad SMARTS) is 1. The van der Waals surface area contributed by atoms with E-state index in [2.05, 4.69) is 5.32 Å². The molecule has 1 heterocycles. The summed E-state index contributed by atoms with van der Waals surface area (Å²) in [5.74, 6) is -2.30. The van der Waals surface area contributed by atoms with Gasteiger partial charge in [0.2, 0.25) is 11.8 Å². The van der Waals surface area contributed by atoms with Crippen molar-refractivity contribution in [3.05, 3.63) is 29.3 Å². The minimum absolute atomic E-state index is 0.113. The summed E-state index contributed by atoms with van der Waals surface area (Å²) in [6.07, 6.45) is 4.11. The van der Waals surface area contributed by atoms with Gasteiger partial charge >= 0.3 is 5.97 Å². The number of carbonyl (C=O) groups excluding carboxylic acids is 2. The zero-order valence-corrected chi connectivity index (χ0v) is 15.2. The zero-order valence-electron chi connectivity index (χ0n) is 14.5. The van der Waals surface area contributed by atoms with Gasteiger partial charge in [-0.05, 0) is 25.0 Å². The fourth-order valence-corrected chi connectivity index (χ4v) is 4.10. The first-order valence-electron chi connectivity index (χ1n) is 9.05. The normalized spacial score (nSPS) is 26.4. The van der Waals surface area contributed by atoms with Gasteiger partial charge in [0, 0.05) is 19.0 Å². The van der Waals surface area contributed by atoms with Crippen LogP contribution in [0.5, 0.6) is 0 Å². The Bertz CT molecular complexity index is 709. The van der Waals surface area contributed by atoms with Crippen LogP contribution in [0.25, 0.3) is 0 Å². The van der Waals surface area contributed by atoms with Gasteiger partial charge in [-0.15, -0.1) is 0 Å². The summed E-state index contributed by atoms with van der Waals surface area (Å²) in [5.41, 5.74) is 0.604. The Kier molecular flexibility index (Phi) is 5.81. The summed E-state index contributed by atoms with van der Waals surface area (Å²) in [6.45, 7) is 0.263. The van der Waals surface area contributed by atoms with Gasteiger partial charge in [0.25, 0.3) is 0 Å². The molecule has 2 N–H and O–H groups in total. The molecule has 2 aliphatic rings. The summed E-state index contributed by atoms with van der Waals surface area (Å²) in [4.78, 5) is 38.1. The van der Waals surface area contributed by atoms with Crippen molar-refractivity contribution in [1.82, 2.24) is 5.32 Å². The number of nitrogens with one attached hydrogen (secondary N) is 1. The van der Waals surface area contributed by atoms with E-state index in [0.29, 0.717) is 23.6 Å². The maximum Gasteiger partial charge on any atom is 0.308 e. The maximum absolute atomic E-state index is 12.7. The molecule has 1 aliphatic heterocycles. The van der Waals surface area contributed by atoms with Crippen LogP contribution in [0.15, 0.2) is 24.3 Å². The molecule has 140 valence electrons. The Balaban J connectivity index is 1.68. The molecular formula is C19H23ClN2O4. The predicted molar refractivity (Wildman–Crippen MR) is 98.1 cm³/mol. The number of rotatable bonds is 4. The molecular weight excluding hydrogens is 356 g/mol. The average molecular weight is 379 g/mol. The number of anilines is 1. The first-order chi connectivity index (χ1) is 12.5. The van der Waals surface area contributed by atoms with Gasteiger partial charge in [-0.3, -0.25) is 14.4 Å². The van der Waals surface area contributed by atoms with Crippen LogP contribution in [0.1, 0.15) is 38.5 Å². The summed E-state index contributed by atoms with van der Waals surface area (Å²) < 4.78 is 0. The molecule has 0 bridgehead atoms. The van der Waals surface area contributed by atoms with Gasteiger partial charge in [0.1, 0.15) is 0 Å². The molecule has 2 fully saturated rings. The topological polar surface area (TPSA) is 86.7 Å². The molecule has 0 radical (unpaired) electrons. The lowest BCUT2D eigenvalue weighted by Gasteiger charge is -2.24. The molecule has 2 amide bonds. The van der Waals surface area contributed by atoms with Crippen LogP contribution < -0.4 is 10.2 Å². The van der Waals surface area contributed by atoms with Crippen molar-refractivity contribution in [3.8, 4) is 0 Å². The second-order valence-electron chi connectivity index (χ2n) is 7.05. The second kappa shape index (κ2) is 8.08. The van der Waals surface area contributed by atoms with E-state index in [9.17, 15) is 19.5 Å². The van der Waals surface area contributed by atoms with Crippen LogP contribution in [0.4, 0.5) is 5.69 Å². The van der Waals surface area contributed by atoms with Crippen LogP contribution in [-0.4, -0.2) is 35.5 Å². The average Bonchev–Trinajstić information content (AvgIpc) is 2.84. The van der Waals surface area contributed by atoms with E-state index >= 15 is 0 Å². The summed E-state index contributed by atoms with van der Waals surface area (Å²) in [5, 5.41) is 12.8. The second-order valence-corrected chi connectivity index (χ2v) is 7.46. The lowest BCUT2D eigenvalue weighted by atomic mass is 9.94. The molecule has 7 heteroatoms. The van der Waals surface area contributed by atoms with E-state index in [1.165, 1.54) is 4.90 Å². The molecule has 1 aromatic rings. The van der Waals surface area contributed by atoms with Crippen molar-refractivity contribution in [3.63, 3.8) is 0 Å². The number of aliphatic carboxylic acids is 1. The number of benzene rings is 1. The van der Waals surface area contributed by atoms with E-state index in [1.807, 2.05) is 0 Å². The van der Waals surface area contributed by atoms with Gasteiger partial charge in [0.05, 0.1) is 22.5 Å². The minimum atomic E-state index is -0.864. The molecule has 0 spiro atoms. The maximum atomic E-state index is 12.7. The number of halogens is 1. The van der Waals surface area contributed by atoms with E-state index < -0.39 is 17.8 Å². The van der Waals surface area contributed by atoms with E-state index in [4.69, 9.17) is 11.6 Å². The van der Waals surface area contributed by atoms with Crippen LogP contribution in [0.3, 0.4) is 0 Å². The number of hydrogen-bond acceptors (Lipinski definition) is 3. The Morgan fingerprint density at radius 3 is 2.62 bits per heavy atom. The highest BCUT2D eigenvalue weighted by Crippen LogP contribution is 2.31. The molecule has 3 atom stereocenters. The number of nitrogens with zero attached hydrogens (tertiary/aromatic N) is 1. The monoisotopic (exact) mass is 378 g/mol. The molecule has 0 aromatic heterocycles. The minimum Gasteiger partial charge on any atom is -0.481 e. The quantitative estimate of drug-likeness (QED) is 0.789. The first kappa shape index (κ1) is 18.7. The van der Waals surface area contributed by atoms with Gasteiger partial charge in [0.15, 0.2) is 0 Å². The Hall–Kier alpha value is -2.08. The SMILES string of the molecule is O=C(N[C@H]1CCCCC[C@H]1C(=O)O)C1CC(=O)N(c2ccccc2Cl)C1. The van der Waals surface area contributed by atoms with Crippen molar-refractivity contribution >= 4 is 35.1 Å². The van der Waals surface area contributed by atoms with E-state index in [-0.39, 0.29) is 30.8 Å². The lowest BCUT2D eigenvalue weighted by molar-refractivity contribution is -0.143. The van der Waals surface area contributed by atoms with Crippen LogP contribution in [0.2, 0.25) is 5.02 Å². The molecule has 1 saturated carbocycles. The molecule has 1 aliphatic carbocycles. The smallest absolute Gasteiger partial charge is 0.308 e. The molecule has 6 nitrogen and oxygen atoms in total. The van der Waals surface area contributed by atoms with Crippen LogP contribution in [0, 0.1) is 11.8 Å². The molecule has 26 heavy (non-hydrogen) atoms. The number of carboxylic acids is 1. The van der Waals surface area contributed by atoms with Crippen molar-refractivity contribution in [2.75, 3.05) is 11.4 Å². The molecule has 1 unspecified atom stereocenters. The largest absolute Gasteiger partial charge is 0.481 e. The van der Waals surface area contributed by atoms with E-state index in [0.717, 1.165) is 19.3 Å². The van der Waals surface area contributed by atoms with Gasteiger partial charge < -0.3 is 15.3 Å².